The molecule has 0 radical (unpaired) electrons. The lowest BCUT2D eigenvalue weighted by Gasteiger charge is -2.25. The molecule has 0 spiro atoms. The van der Waals surface area contributed by atoms with Crippen LogP contribution >= 0.6 is 23.2 Å². The smallest absolute Gasteiger partial charge is 0.291 e. The number of hydrogen-bond acceptors (Lipinski definition) is 5. The molecule has 1 aliphatic rings. The third-order valence-corrected chi connectivity index (χ3v) is 7.27. The lowest BCUT2D eigenvalue weighted by Crippen LogP contribution is -2.33. The lowest BCUT2D eigenvalue weighted by atomic mass is 9.88. The average Bonchev–Trinajstić information content (AvgIpc) is 3.61. The Kier molecular flexibility index (Phi) is 8.57. The number of furan rings is 1. The van der Waals surface area contributed by atoms with Gasteiger partial charge < -0.3 is 24.5 Å². The van der Waals surface area contributed by atoms with Gasteiger partial charge in [-0.05, 0) is 61.0 Å². The summed E-state index contributed by atoms with van der Waals surface area (Å²) in [5.41, 5.74) is 2.58. The Labute approximate surface area is 237 Å². The van der Waals surface area contributed by atoms with Crippen molar-refractivity contribution >= 4 is 40.9 Å². The molecule has 3 aromatic carbocycles. The monoisotopic (exact) mass is 562 g/mol. The first-order valence-electron chi connectivity index (χ1n) is 12.7. The van der Waals surface area contributed by atoms with Gasteiger partial charge in [-0.2, -0.15) is 0 Å². The summed E-state index contributed by atoms with van der Waals surface area (Å²) in [4.78, 5) is 12.7. The van der Waals surface area contributed by atoms with Gasteiger partial charge in [0.2, 0.25) is 6.79 Å². The molecule has 39 heavy (non-hydrogen) atoms. The number of carbonyl (C=O) groups is 1. The van der Waals surface area contributed by atoms with Crippen LogP contribution in [-0.2, 0) is 6.42 Å². The van der Waals surface area contributed by atoms with E-state index in [1.165, 1.54) is 0 Å². The number of para-hydroxylation sites is 1. The third kappa shape index (κ3) is 6.66. The molecule has 200 valence electrons. The minimum atomic E-state index is -0.290. The van der Waals surface area contributed by atoms with Crippen LogP contribution in [0.3, 0.4) is 0 Å². The first kappa shape index (κ1) is 26.9. The number of carbonyl (C=O) groups excluding carboxylic acids is 1. The van der Waals surface area contributed by atoms with Crippen LogP contribution in [0, 0.1) is 0 Å². The molecule has 2 N–H and O–H groups in total. The van der Waals surface area contributed by atoms with Crippen molar-refractivity contribution in [2.24, 2.45) is 0 Å². The third-order valence-electron chi connectivity index (χ3n) is 6.61. The van der Waals surface area contributed by atoms with Crippen molar-refractivity contribution in [3.05, 3.63) is 118 Å². The second-order valence-corrected chi connectivity index (χ2v) is 10.1. The highest BCUT2D eigenvalue weighted by Crippen LogP contribution is 2.36. The molecule has 5 rings (SSSR count). The number of anilines is 1. The molecule has 6 nitrogen and oxygen atoms in total. The van der Waals surface area contributed by atoms with E-state index < -0.39 is 0 Å². The number of rotatable bonds is 10. The Morgan fingerprint density at radius 1 is 0.949 bits per heavy atom. The molecule has 0 saturated carbocycles. The van der Waals surface area contributed by atoms with E-state index in [1.54, 1.807) is 6.07 Å². The maximum absolute atomic E-state index is 12.7. The van der Waals surface area contributed by atoms with Crippen LogP contribution in [0.4, 0.5) is 5.69 Å². The number of nitrogens with one attached hydrogen (secondary N) is 2. The van der Waals surface area contributed by atoms with Gasteiger partial charge in [-0.1, -0.05) is 65.7 Å². The maximum Gasteiger partial charge on any atom is 0.291 e. The molecule has 2 atom stereocenters. The highest BCUT2D eigenvalue weighted by atomic mass is 35.5. The van der Waals surface area contributed by atoms with Gasteiger partial charge in [0.15, 0.2) is 17.3 Å². The molecule has 0 aliphatic carbocycles. The van der Waals surface area contributed by atoms with E-state index in [0.717, 1.165) is 22.6 Å². The van der Waals surface area contributed by atoms with Crippen molar-refractivity contribution in [2.45, 2.75) is 25.3 Å². The molecule has 0 saturated heterocycles. The Morgan fingerprint density at radius 2 is 1.72 bits per heavy atom. The van der Waals surface area contributed by atoms with Crippen molar-refractivity contribution in [2.75, 3.05) is 18.7 Å². The minimum Gasteiger partial charge on any atom is -0.456 e. The fourth-order valence-electron chi connectivity index (χ4n) is 4.51. The molecule has 2 heterocycles. The van der Waals surface area contributed by atoms with Crippen molar-refractivity contribution in [1.29, 1.82) is 0 Å². The summed E-state index contributed by atoms with van der Waals surface area (Å²) in [7, 11) is 0. The second kappa shape index (κ2) is 12.4. The van der Waals surface area contributed by atoms with E-state index in [4.69, 9.17) is 37.1 Å². The Hall–Kier alpha value is -3.71. The van der Waals surface area contributed by atoms with Gasteiger partial charge in [-0.3, -0.25) is 4.79 Å². The first-order valence-corrected chi connectivity index (χ1v) is 13.4. The fraction of sp³-hybridized carbons (Fsp3) is 0.194. The molecule has 0 fully saturated rings. The van der Waals surface area contributed by atoms with Gasteiger partial charge in [-0.25, -0.2) is 0 Å². The van der Waals surface area contributed by atoms with Crippen LogP contribution in [0.25, 0.3) is 6.08 Å². The number of halogens is 2. The predicted octanol–water partition coefficient (Wildman–Crippen LogP) is 7.59. The van der Waals surface area contributed by atoms with E-state index in [9.17, 15) is 4.79 Å². The zero-order valence-electron chi connectivity index (χ0n) is 21.3. The summed E-state index contributed by atoms with van der Waals surface area (Å²) in [6, 6.07) is 24.3. The molecule has 2 unspecified atom stereocenters. The van der Waals surface area contributed by atoms with Gasteiger partial charge in [0, 0.05) is 46.2 Å². The van der Waals surface area contributed by atoms with Gasteiger partial charge in [0.1, 0.15) is 5.76 Å². The van der Waals surface area contributed by atoms with Crippen molar-refractivity contribution in [3.8, 4) is 11.5 Å². The van der Waals surface area contributed by atoms with E-state index in [-0.39, 0.29) is 30.4 Å². The number of fused-ring (bicyclic) bond motifs is 1. The summed E-state index contributed by atoms with van der Waals surface area (Å²) in [5.74, 6) is 2.16. The zero-order valence-corrected chi connectivity index (χ0v) is 22.8. The molecule has 1 aromatic heterocycles. The van der Waals surface area contributed by atoms with E-state index >= 15 is 0 Å². The second-order valence-electron chi connectivity index (χ2n) is 9.24. The van der Waals surface area contributed by atoms with Crippen molar-refractivity contribution in [1.82, 2.24) is 5.32 Å². The van der Waals surface area contributed by atoms with Gasteiger partial charge in [0.05, 0.1) is 0 Å². The Balaban J connectivity index is 1.30. The molecule has 0 bridgehead atoms. The van der Waals surface area contributed by atoms with Gasteiger partial charge in [-0.15, -0.1) is 0 Å². The number of ether oxygens (including phenoxy) is 2. The summed E-state index contributed by atoms with van der Waals surface area (Å²) in [5, 5.41) is 7.65. The van der Waals surface area contributed by atoms with Crippen LogP contribution in [0.1, 0.15) is 40.3 Å². The fourth-order valence-corrected chi connectivity index (χ4v) is 5.03. The van der Waals surface area contributed by atoms with E-state index in [1.807, 2.05) is 84.9 Å². The normalized spacial score (nSPS) is 13.9. The standard InChI is InChI=1S/C31H28Cl2N2O4/c1-20(34-16-6-9-24-26(32)10-5-11-27(24)33)25(21-12-14-28-30(17-21)38-19-37-28)18-23-13-15-29(39-23)31(36)35-22-7-3-2-4-8-22/h2-15,17,20,25,34H,16,18-19H2,1H3,(H,35,36)/b9-6+. The molecule has 8 heteroatoms. The SMILES string of the molecule is CC(NC/C=C/c1c(Cl)cccc1Cl)C(Cc1ccc(C(=O)Nc2ccccc2)o1)c1ccc2c(c1)OCO2. The van der Waals surface area contributed by atoms with Crippen molar-refractivity contribution < 1.29 is 18.7 Å². The summed E-state index contributed by atoms with van der Waals surface area (Å²) in [6.45, 7) is 2.94. The quantitative estimate of drug-likeness (QED) is 0.208. The number of benzene rings is 3. The predicted molar refractivity (Wildman–Crippen MR) is 155 cm³/mol. The molecular formula is C31H28Cl2N2O4. The summed E-state index contributed by atoms with van der Waals surface area (Å²) < 4.78 is 17.1. The highest BCUT2D eigenvalue weighted by Gasteiger charge is 2.24. The molecule has 4 aromatic rings. The lowest BCUT2D eigenvalue weighted by molar-refractivity contribution is 0.0994. The topological polar surface area (TPSA) is 72.7 Å². The maximum atomic E-state index is 12.7. The van der Waals surface area contributed by atoms with Crippen LogP contribution in [0.5, 0.6) is 11.5 Å². The van der Waals surface area contributed by atoms with Crippen LogP contribution in [-0.4, -0.2) is 25.3 Å². The number of amides is 1. The summed E-state index contributed by atoms with van der Waals surface area (Å²) >= 11 is 12.6. The number of hydrogen-bond donors (Lipinski definition) is 2. The highest BCUT2D eigenvalue weighted by molar-refractivity contribution is 6.37. The van der Waals surface area contributed by atoms with Crippen LogP contribution in [0.2, 0.25) is 10.0 Å². The van der Waals surface area contributed by atoms with E-state index in [2.05, 4.69) is 17.6 Å². The molecule has 1 amide bonds. The zero-order chi connectivity index (χ0) is 27.2. The van der Waals surface area contributed by atoms with Gasteiger partial charge in [0.25, 0.3) is 5.91 Å². The average molecular weight is 563 g/mol. The van der Waals surface area contributed by atoms with E-state index in [0.29, 0.717) is 34.5 Å². The summed E-state index contributed by atoms with van der Waals surface area (Å²) in [6.07, 6.45) is 4.50. The Bertz CT molecular complexity index is 1450. The Morgan fingerprint density at radius 3 is 2.51 bits per heavy atom. The first-order chi connectivity index (χ1) is 19.0. The molecular weight excluding hydrogens is 535 g/mol. The van der Waals surface area contributed by atoms with Gasteiger partial charge >= 0.3 is 0 Å². The minimum absolute atomic E-state index is 0.0213. The van der Waals surface area contributed by atoms with Crippen LogP contribution < -0.4 is 20.1 Å². The molecule has 1 aliphatic heterocycles. The van der Waals surface area contributed by atoms with Crippen molar-refractivity contribution in [3.63, 3.8) is 0 Å². The largest absolute Gasteiger partial charge is 0.456 e. The van der Waals surface area contributed by atoms with Crippen LogP contribution in [0.15, 0.2) is 89.4 Å².